The quantitative estimate of drug-likeness (QED) is 0.802. The summed E-state index contributed by atoms with van der Waals surface area (Å²) in [5.41, 5.74) is 3.94. The molecule has 0 fully saturated rings. The Labute approximate surface area is 117 Å². The van der Waals surface area contributed by atoms with Gasteiger partial charge in [-0.1, -0.05) is 30.3 Å². The first-order chi connectivity index (χ1) is 9.33. The van der Waals surface area contributed by atoms with Crippen molar-refractivity contribution in [2.24, 2.45) is 0 Å². The lowest BCUT2D eigenvalue weighted by molar-refractivity contribution is 0.102. The van der Waals surface area contributed by atoms with Gasteiger partial charge in [0.1, 0.15) is 5.69 Å². The summed E-state index contributed by atoms with van der Waals surface area (Å²) in [6.07, 6.45) is 0. The highest BCUT2D eigenvalue weighted by molar-refractivity contribution is 7.14. The topological polar surface area (TPSA) is 54.9 Å². The Morgan fingerprint density at radius 2 is 2.00 bits per heavy atom. The van der Waals surface area contributed by atoms with Gasteiger partial charge in [-0.3, -0.25) is 10.1 Å². The molecule has 6 heteroatoms. The molecule has 1 amide bonds. The van der Waals surface area contributed by atoms with Gasteiger partial charge in [0, 0.05) is 16.3 Å². The predicted octanol–water partition coefficient (Wildman–Crippen LogP) is 3.52. The Hall–Kier alpha value is -2.05. The highest BCUT2D eigenvalue weighted by atomic mass is 32.1. The van der Waals surface area contributed by atoms with Crippen molar-refractivity contribution in [3.8, 4) is 11.3 Å². The van der Waals surface area contributed by atoms with Crippen LogP contribution in [0.3, 0.4) is 0 Å². The van der Waals surface area contributed by atoms with Crippen LogP contribution in [-0.4, -0.2) is 15.9 Å². The van der Waals surface area contributed by atoms with Gasteiger partial charge >= 0.3 is 0 Å². The minimum Gasteiger partial charge on any atom is -0.296 e. The normalized spacial score (nSPS) is 10.3. The lowest BCUT2D eigenvalue weighted by atomic mass is 10.2. The zero-order valence-electron chi connectivity index (χ0n) is 9.74. The number of thiazole rings is 2. The van der Waals surface area contributed by atoms with Gasteiger partial charge in [0.25, 0.3) is 5.91 Å². The smallest absolute Gasteiger partial charge is 0.276 e. The van der Waals surface area contributed by atoms with E-state index in [9.17, 15) is 4.79 Å². The molecule has 2 aromatic heterocycles. The molecule has 1 N–H and O–H groups in total. The molecule has 4 nitrogen and oxygen atoms in total. The third-order valence-electron chi connectivity index (χ3n) is 2.46. The highest BCUT2D eigenvalue weighted by Gasteiger charge is 2.11. The molecular formula is C13H9N3OS2. The summed E-state index contributed by atoms with van der Waals surface area (Å²) >= 11 is 2.79. The summed E-state index contributed by atoms with van der Waals surface area (Å²) in [5, 5.41) is 6.96. The van der Waals surface area contributed by atoms with Gasteiger partial charge in [-0.15, -0.1) is 22.7 Å². The van der Waals surface area contributed by atoms with E-state index in [1.54, 1.807) is 10.9 Å². The second-order valence-electron chi connectivity index (χ2n) is 3.73. The fraction of sp³-hybridized carbons (Fsp3) is 0. The maximum atomic E-state index is 11.8. The first kappa shape index (κ1) is 12.0. The van der Waals surface area contributed by atoms with Crippen molar-refractivity contribution in [3.63, 3.8) is 0 Å². The molecule has 94 valence electrons. The Morgan fingerprint density at radius 3 is 2.74 bits per heavy atom. The summed E-state index contributed by atoms with van der Waals surface area (Å²) in [5.74, 6) is -0.227. The molecule has 0 aliphatic rings. The lowest BCUT2D eigenvalue weighted by Gasteiger charge is -1.97. The summed E-state index contributed by atoms with van der Waals surface area (Å²) < 4.78 is 0. The standard InChI is InChI=1S/C13H9N3OS2/c17-12(11-6-18-8-14-11)16-13-15-10(7-19-13)9-4-2-1-3-5-9/h1-8H,(H,15,16,17). The second-order valence-corrected chi connectivity index (χ2v) is 5.31. The molecule has 19 heavy (non-hydrogen) atoms. The van der Waals surface area contributed by atoms with Gasteiger partial charge in [0.2, 0.25) is 0 Å². The van der Waals surface area contributed by atoms with E-state index in [0.717, 1.165) is 11.3 Å². The van der Waals surface area contributed by atoms with Crippen LogP contribution in [-0.2, 0) is 0 Å². The fourth-order valence-corrected chi connectivity index (χ4v) is 2.81. The minimum absolute atomic E-state index is 0.227. The van der Waals surface area contributed by atoms with Crippen molar-refractivity contribution in [1.82, 2.24) is 9.97 Å². The number of amides is 1. The van der Waals surface area contributed by atoms with Crippen LogP contribution >= 0.6 is 22.7 Å². The van der Waals surface area contributed by atoms with Crippen LogP contribution in [0.15, 0.2) is 46.6 Å². The summed E-state index contributed by atoms with van der Waals surface area (Å²) in [4.78, 5) is 20.2. The maximum absolute atomic E-state index is 11.8. The van der Waals surface area contributed by atoms with Crippen LogP contribution in [0.5, 0.6) is 0 Å². The number of carbonyl (C=O) groups excluding carboxylic acids is 1. The zero-order chi connectivity index (χ0) is 13.1. The Morgan fingerprint density at radius 1 is 1.16 bits per heavy atom. The number of nitrogens with zero attached hydrogens (tertiary/aromatic N) is 2. The van der Waals surface area contributed by atoms with Crippen LogP contribution < -0.4 is 5.32 Å². The number of hydrogen-bond donors (Lipinski definition) is 1. The van der Waals surface area contributed by atoms with E-state index in [4.69, 9.17) is 0 Å². The summed E-state index contributed by atoms with van der Waals surface area (Å²) in [6.45, 7) is 0. The minimum atomic E-state index is -0.227. The highest BCUT2D eigenvalue weighted by Crippen LogP contribution is 2.24. The number of rotatable bonds is 3. The van der Waals surface area contributed by atoms with Gasteiger partial charge in [0.05, 0.1) is 11.2 Å². The Kier molecular flexibility index (Phi) is 3.35. The van der Waals surface area contributed by atoms with Crippen molar-refractivity contribution in [2.45, 2.75) is 0 Å². The van der Waals surface area contributed by atoms with E-state index >= 15 is 0 Å². The molecule has 0 atom stereocenters. The molecule has 3 rings (SSSR count). The van der Waals surface area contributed by atoms with Crippen molar-refractivity contribution in [3.05, 3.63) is 52.3 Å². The monoisotopic (exact) mass is 287 g/mol. The molecule has 0 aliphatic heterocycles. The van der Waals surface area contributed by atoms with E-state index in [0.29, 0.717) is 10.8 Å². The van der Waals surface area contributed by atoms with Gasteiger partial charge in [-0.2, -0.15) is 0 Å². The molecule has 0 aliphatic carbocycles. The van der Waals surface area contributed by atoms with Crippen molar-refractivity contribution in [2.75, 3.05) is 5.32 Å². The SMILES string of the molecule is O=C(Nc1nc(-c2ccccc2)cs1)c1cscn1. The maximum Gasteiger partial charge on any atom is 0.276 e. The number of aromatic nitrogens is 2. The third kappa shape index (κ3) is 2.69. The molecule has 0 radical (unpaired) electrons. The number of hydrogen-bond acceptors (Lipinski definition) is 5. The first-order valence-corrected chi connectivity index (χ1v) is 7.35. The van der Waals surface area contributed by atoms with Crippen molar-refractivity contribution in [1.29, 1.82) is 0 Å². The molecule has 0 unspecified atom stereocenters. The van der Waals surface area contributed by atoms with Crippen LogP contribution in [0.4, 0.5) is 5.13 Å². The Bertz CT molecular complexity index is 677. The van der Waals surface area contributed by atoms with E-state index in [2.05, 4.69) is 15.3 Å². The van der Waals surface area contributed by atoms with Crippen LogP contribution in [0, 0.1) is 0 Å². The summed E-state index contributed by atoms with van der Waals surface area (Å²) in [6, 6.07) is 9.85. The lowest BCUT2D eigenvalue weighted by Crippen LogP contribution is -2.11. The molecule has 0 saturated carbocycles. The average molecular weight is 287 g/mol. The summed E-state index contributed by atoms with van der Waals surface area (Å²) in [7, 11) is 0. The van der Waals surface area contributed by atoms with Gasteiger partial charge in [0.15, 0.2) is 5.13 Å². The van der Waals surface area contributed by atoms with Gasteiger partial charge < -0.3 is 0 Å². The second kappa shape index (κ2) is 5.29. The van der Waals surface area contributed by atoms with E-state index in [1.165, 1.54) is 22.7 Å². The number of anilines is 1. The number of nitrogens with one attached hydrogen (secondary N) is 1. The molecular weight excluding hydrogens is 278 g/mol. The number of benzene rings is 1. The van der Waals surface area contributed by atoms with Gasteiger partial charge in [-0.25, -0.2) is 9.97 Å². The molecule has 0 saturated heterocycles. The van der Waals surface area contributed by atoms with Crippen molar-refractivity contribution < 1.29 is 4.79 Å². The molecule has 2 heterocycles. The van der Waals surface area contributed by atoms with Crippen LogP contribution in [0.2, 0.25) is 0 Å². The van der Waals surface area contributed by atoms with Gasteiger partial charge in [-0.05, 0) is 0 Å². The average Bonchev–Trinajstić information content (AvgIpc) is 3.11. The van der Waals surface area contributed by atoms with Crippen LogP contribution in [0.1, 0.15) is 10.5 Å². The molecule has 3 aromatic rings. The van der Waals surface area contributed by atoms with Crippen molar-refractivity contribution >= 4 is 33.7 Å². The van der Waals surface area contributed by atoms with E-state index in [-0.39, 0.29) is 5.91 Å². The molecule has 0 spiro atoms. The van der Waals surface area contributed by atoms with E-state index in [1.807, 2.05) is 35.7 Å². The third-order valence-corrected chi connectivity index (χ3v) is 3.80. The molecule has 0 bridgehead atoms. The Balaban J connectivity index is 1.77. The predicted molar refractivity (Wildman–Crippen MR) is 77.6 cm³/mol. The van der Waals surface area contributed by atoms with E-state index < -0.39 is 0 Å². The number of carbonyl (C=O) groups is 1. The largest absolute Gasteiger partial charge is 0.296 e. The first-order valence-electron chi connectivity index (χ1n) is 5.53. The molecule has 1 aromatic carbocycles. The zero-order valence-corrected chi connectivity index (χ0v) is 11.4. The van der Waals surface area contributed by atoms with Crippen LogP contribution in [0.25, 0.3) is 11.3 Å². The fourth-order valence-electron chi connectivity index (χ4n) is 1.56.